The van der Waals surface area contributed by atoms with Gasteiger partial charge in [-0.25, -0.2) is 27.8 Å². The molecular weight excluding hydrogens is 496 g/mol. The maximum atomic E-state index is 14.7. The van der Waals surface area contributed by atoms with Gasteiger partial charge in [0.25, 0.3) is 0 Å². The Labute approximate surface area is 198 Å². The van der Waals surface area contributed by atoms with Crippen LogP contribution in [-0.2, 0) is 16.0 Å². The Kier molecular flexibility index (Phi) is 6.45. The van der Waals surface area contributed by atoms with Crippen LogP contribution in [0.25, 0.3) is 11.0 Å². The van der Waals surface area contributed by atoms with Crippen molar-refractivity contribution in [3.05, 3.63) is 57.8 Å². The zero-order chi connectivity index (χ0) is 24.8. The van der Waals surface area contributed by atoms with Gasteiger partial charge in [-0.15, -0.1) is 0 Å². The summed E-state index contributed by atoms with van der Waals surface area (Å²) < 4.78 is 77.7. The first kappa shape index (κ1) is 24.6. The second-order valence-corrected chi connectivity index (χ2v) is 11.0. The van der Waals surface area contributed by atoms with E-state index >= 15 is 0 Å². The zero-order valence-electron chi connectivity index (χ0n) is 18.2. The number of halogens is 5. The highest BCUT2D eigenvalue weighted by Gasteiger charge is 2.35. The quantitative estimate of drug-likeness (QED) is 0.358. The van der Waals surface area contributed by atoms with Gasteiger partial charge >= 0.3 is 6.18 Å². The lowest BCUT2D eigenvalue weighted by molar-refractivity contribution is -0.140. The maximum absolute atomic E-state index is 14.7. The lowest BCUT2D eigenvalue weighted by atomic mass is 9.94. The first-order valence-corrected chi connectivity index (χ1v) is 12.7. The van der Waals surface area contributed by atoms with Gasteiger partial charge in [0.2, 0.25) is 0 Å². The van der Waals surface area contributed by atoms with E-state index in [1.165, 1.54) is 13.0 Å². The number of sulfone groups is 1. The van der Waals surface area contributed by atoms with Gasteiger partial charge in [-0.3, -0.25) is 0 Å². The second kappa shape index (κ2) is 8.92. The molecule has 0 aliphatic carbocycles. The van der Waals surface area contributed by atoms with E-state index in [9.17, 15) is 26.0 Å². The van der Waals surface area contributed by atoms with Gasteiger partial charge in [-0.05, 0) is 50.3 Å². The van der Waals surface area contributed by atoms with Crippen LogP contribution in [0.15, 0.2) is 24.3 Å². The summed E-state index contributed by atoms with van der Waals surface area (Å²) in [4.78, 5) is 13.0. The smallest absolute Gasteiger partial charge is 0.363 e. The van der Waals surface area contributed by atoms with E-state index in [1.807, 2.05) is 0 Å². The molecule has 0 radical (unpaired) electrons. The van der Waals surface area contributed by atoms with E-state index in [4.69, 9.17) is 11.6 Å². The molecule has 1 N–H and O–H groups in total. The average molecular weight is 517 g/mol. The van der Waals surface area contributed by atoms with Crippen LogP contribution in [0, 0.1) is 12.7 Å². The molecule has 34 heavy (non-hydrogen) atoms. The number of benzene rings is 1. The van der Waals surface area contributed by atoms with Gasteiger partial charge in [0.15, 0.2) is 5.65 Å². The number of nitrogens with zero attached hydrogens (tertiary/aromatic N) is 3. The van der Waals surface area contributed by atoms with Gasteiger partial charge in [0, 0.05) is 5.56 Å². The number of aromatic nitrogens is 3. The Balaban J connectivity index is 1.73. The molecule has 0 saturated carbocycles. The first-order chi connectivity index (χ1) is 15.9. The number of alkyl halides is 3. The van der Waals surface area contributed by atoms with Crippen molar-refractivity contribution in [2.75, 3.05) is 16.8 Å². The molecule has 4 rings (SSSR count). The minimum Gasteiger partial charge on any atom is -0.363 e. The third kappa shape index (κ3) is 4.95. The standard InChI is InChI=1S/C22H21ClF4N4O2S/c1-11(14-4-3-5-17(18(14)24)22(25,26)27)28-20-16-10-15(13-6-8-34(32,33)9-7-13)19(23)31-21(16)30-12(2)29-20/h3-5,10-11,13H,6-9H2,1-2H3,(H,28,29,30,31)/t11-/m1/s1. The second-order valence-electron chi connectivity index (χ2n) is 8.36. The van der Waals surface area contributed by atoms with E-state index in [2.05, 4.69) is 20.3 Å². The number of hydrogen-bond donors (Lipinski definition) is 1. The van der Waals surface area contributed by atoms with Crippen LogP contribution in [-0.4, -0.2) is 34.9 Å². The fraction of sp³-hybridized carbons (Fsp3) is 0.409. The maximum Gasteiger partial charge on any atom is 0.419 e. The number of hydrogen-bond acceptors (Lipinski definition) is 6. The van der Waals surface area contributed by atoms with Crippen LogP contribution in [0.5, 0.6) is 0 Å². The van der Waals surface area contributed by atoms with Gasteiger partial charge in [-0.2, -0.15) is 13.2 Å². The largest absolute Gasteiger partial charge is 0.419 e. The first-order valence-electron chi connectivity index (χ1n) is 10.5. The van der Waals surface area contributed by atoms with Gasteiger partial charge in [-0.1, -0.05) is 23.7 Å². The number of aryl methyl sites for hydroxylation is 1. The Morgan fingerprint density at radius 2 is 1.82 bits per heavy atom. The SMILES string of the molecule is Cc1nc(N[C@H](C)c2cccc(C(F)(F)F)c2F)c2cc(C3CCS(=O)(=O)CC3)c(Cl)nc2n1. The lowest BCUT2D eigenvalue weighted by Gasteiger charge is -2.24. The molecule has 1 aromatic carbocycles. The fourth-order valence-electron chi connectivity index (χ4n) is 4.14. The minimum absolute atomic E-state index is 0.0490. The molecule has 3 aromatic rings. The summed E-state index contributed by atoms with van der Waals surface area (Å²) in [6.45, 7) is 3.15. The highest BCUT2D eigenvalue weighted by Crippen LogP contribution is 2.37. The Bertz CT molecular complexity index is 1350. The summed E-state index contributed by atoms with van der Waals surface area (Å²) in [6.07, 6.45) is -4.02. The van der Waals surface area contributed by atoms with Crippen molar-refractivity contribution in [3.8, 4) is 0 Å². The molecule has 182 valence electrons. The van der Waals surface area contributed by atoms with Crippen LogP contribution in [0.3, 0.4) is 0 Å². The van der Waals surface area contributed by atoms with E-state index in [-0.39, 0.29) is 39.6 Å². The summed E-state index contributed by atoms with van der Waals surface area (Å²) in [5.41, 5.74) is -0.592. The summed E-state index contributed by atoms with van der Waals surface area (Å²) in [5, 5.41) is 3.65. The molecule has 1 atom stereocenters. The number of pyridine rings is 1. The molecule has 0 bridgehead atoms. The monoisotopic (exact) mass is 516 g/mol. The highest BCUT2D eigenvalue weighted by molar-refractivity contribution is 7.91. The predicted molar refractivity (Wildman–Crippen MR) is 121 cm³/mol. The van der Waals surface area contributed by atoms with Crippen LogP contribution in [0.4, 0.5) is 23.4 Å². The highest BCUT2D eigenvalue weighted by atomic mass is 35.5. The topological polar surface area (TPSA) is 84.8 Å². The Hall–Kier alpha value is -2.53. The van der Waals surface area contributed by atoms with Gasteiger partial charge < -0.3 is 5.32 Å². The number of rotatable bonds is 4. The molecule has 1 aliphatic heterocycles. The molecule has 1 aliphatic rings. The summed E-state index contributed by atoms with van der Waals surface area (Å²) in [6, 6.07) is 3.99. The van der Waals surface area contributed by atoms with Gasteiger partial charge in [0.1, 0.15) is 32.4 Å². The summed E-state index contributed by atoms with van der Waals surface area (Å²) >= 11 is 6.40. The molecule has 0 spiro atoms. The van der Waals surface area contributed by atoms with Crippen molar-refractivity contribution in [2.24, 2.45) is 0 Å². The van der Waals surface area contributed by atoms with E-state index in [1.54, 1.807) is 13.0 Å². The van der Waals surface area contributed by atoms with E-state index < -0.39 is 33.4 Å². The molecule has 12 heteroatoms. The van der Waals surface area contributed by atoms with Gasteiger partial charge in [0.05, 0.1) is 28.5 Å². The van der Waals surface area contributed by atoms with Crippen LogP contribution < -0.4 is 5.32 Å². The Morgan fingerprint density at radius 3 is 2.47 bits per heavy atom. The summed E-state index contributed by atoms with van der Waals surface area (Å²) in [5.74, 6) is -0.774. The lowest BCUT2D eigenvalue weighted by Crippen LogP contribution is -2.22. The molecule has 0 amide bonds. The van der Waals surface area contributed by atoms with Crippen LogP contribution >= 0.6 is 11.6 Å². The van der Waals surface area contributed by atoms with Crippen molar-refractivity contribution in [1.82, 2.24) is 15.0 Å². The molecular formula is C22H21ClF4N4O2S. The molecule has 0 unspecified atom stereocenters. The van der Waals surface area contributed by atoms with E-state index in [0.717, 1.165) is 6.07 Å². The predicted octanol–water partition coefficient (Wildman–Crippen LogP) is 5.61. The Morgan fingerprint density at radius 1 is 1.15 bits per heavy atom. The third-order valence-corrected chi connectivity index (χ3v) is 7.95. The van der Waals surface area contributed by atoms with Crippen LogP contribution in [0.1, 0.15) is 54.2 Å². The van der Waals surface area contributed by atoms with Crippen molar-refractivity contribution < 1.29 is 26.0 Å². The van der Waals surface area contributed by atoms with Crippen LogP contribution in [0.2, 0.25) is 5.15 Å². The number of fused-ring (bicyclic) bond motifs is 1. The minimum atomic E-state index is -4.82. The molecule has 1 fully saturated rings. The molecule has 1 saturated heterocycles. The normalized spacial score (nSPS) is 17.6. The number of anilines is 1. The van der Waals surface area contributed by atoms with Crippen molar-refractivity contribution in [2.45, 2.75) is 44.8 Å². The molecule has 3 heterocycles. The van der Waals surface area contributed by atoms with Crippen molar-refractivity contribution in [1.29, 1.82) is 0 Å². The molecule has 2 aromatic heterocycles. The van der Waals surface area contributed by atoms with Crippen molar-refractivity contribution >= 4 is 38.3 Å². The zero-order valence-corrected chi connectivity index (χ0v) is 19.8. The number of nitrogens with one attached hydrogen (secondary N) is 1. The summed E-state index contributed by atoms with van der Waals surface area (Å²) in [7, 11) is -3.07. The van der Waals surface area contributed by atoms with E-state index in [0.29, 0.717) is 35.7 Å². The van der Waals surface area contributed by atoms with Crippen molar-refractivity contribution in [3.63, 3.8) is 0 Å². The fourth-order valence-corrected chi connectivity index (χ4v) is 5.92. The molecule has 6 nitrogen and oxygen atoms in total. The average Bonchev–Trinajstić information content (AvgIpc) is 2.72. The third-order valence-electron chi connectivity index (χ3n) is 5.93.